The zero-order valence-corrected chi connectivity index (χ0v) is 22.2. The molecule has 3 aromatic rings. The molecule has 9 nitrogen and oxygen atoms in total. The molecule has 1 aliphatic rings. The Labute approximate surface area is 225 Å². The van der Waals surface area contributed by atoms with E-state index >= 15 is 4.39 Å². The SMILES string of the molecule is Cc1c(N(C)[C@H]2CCN(Cc3ccccc3F)C2)cnc(S(=O)(=O)Nc2cscn2)c1F.O=C(O)C(F)(F)F. The van der Waals surface area contributed by atoms with Crippen LogP contribution < -0.4 is 9.62 Å². The molecular weight excluding hydrogens is 569 g/mol. The molecule has 2 N–H and O–H groups in total. The van der Waals surface area contributed by atoms with Crippen LogP contribution in [-0.4, -0.2) is 66.7 Å². The van der Waals surface area contributed by atoms with Gasteiger partial charge in [-0.05, 0) is 19.4 Å². The van der Waals surface area contributed by atoms with Crippen molar-refractivity contribution in [2.24, 2.45) is 0 Å². The number of anilines is 2. The average Bonchev–Trinajstić information content (AvgIpc) is 3.53. The fraction of sp³-hybridized carbons (Fsp3) is 0.348. The summed E-state index contributed by atoms with van der Waals surface area (Å²) in [6.07, 6.45) is -2.88. The molecule has 0 aliphatic carbocycles. The predicted octanol–water partition coefficient (Wildman–Crippen LogP) is 4.27. The number of hydrogen-bond acceptors (Lipinski definition) is 8. The van der Waals surface area contributed by atoms with Crippen molar-refractivity contribution in [2.75, 3.05) is 29.8 Å². The van der Waals surface area contributed by atoms with Crippen molar-refractivity contribution in [1.29, 1.82) is 0 Å². The van der Waals surface area contributed by atoms with Crippen molar-refractivity contribution in [3.8, 4) is 0 Å². The smallest absolute Gasteiger partial charge is 0.475 e. The zero-order chi connectivity index (χ0) is 29.0. The number of hydrogen-bond donors (Lipinski definition) is 2. The second-order valence-electron chi connectivity index (χ2n) is 8.55. The Morgan fingerprint density at radius 1 is 1.26 bits per heavy atom. The normalized spacial score (nSPS) is 15.9. The highest BCUT2D eigenvalue weighted by molar-refractivity contribution is 7.92. The van der Waals surface area contributed by atoms with Gasteiger partial charge in [0.25, 0.3) is 10.0 Å². The maximum Gasteiger partial charge on any atom is 0.490 e. The van der Waals surface area contributed by atoms with Gasteiger partial charge in [-0.1, -0.05) is 18.2 Å². The summed E-state index contributed by atoms with van der Waals surface area (Å²) < 4.78 is 88.1. The highest BCUT2D eigenvalue weighted by Crippen LogP contribution is 2.29. The number of benzene rings is 1. The van der Waals surface area contributed by atoms with Gasteiger partial charge in [0.1, 0.15) is 5.82 Å². The summed E-state index contributed by atoms with van der Waals surface area (Å²) in [6, 6.07) is 6.77. The van der Waals surface area contributed by atoms with Crippen molar-refractivity contribution in [2.45, 2.75) is 37.1 Å². The van der Waals surface area contributed by atoms with Crippen LogP contribution in [0.1, 0.15) is 17.5 Å². The van der Waals surface area contributed by atoms with Crippen molar-refractivity contribution < 1.29 is 40.3 Å². The predicted molar refractivity (Wildman–Crippen MR) is 134 cm³/mol. The highest BCUT2D eigenvalue weighted by Gasteiger charge is 2.38. The Morgan fingerprint density at radius 3 is 2.51 bits per heavy atom. The van der Waals surface area contributed by atoms with Crippen LogP contribution in [0.5, 0.6) is 0 Å². The number of nitrogens with one attached hydrogen (secondary N) is 1. The van der Waals surface area contributed by atoms with E-state index in [-0.39, 0.29) is 23.2 Å². The summed E-state index contributed by atoms with van der Waals surface area (Å²) in [5.41, 5.74) is 2.84. The third-order valence-corrected chi connectivity index (χ3v) is 7.76. The summed E-state index contributed by atoms with van der Waals surface area (Å²) in [5.74, 6) is -3.75. The van der Waals surface area contributed by atoms with E-state index in [1.807, 2.05) is 18.0 Å². The maximum atomic E-state index is 15.1. The molecule has 1 saturated heterocycles. The number of carboxylic acid groups (broad SMARTS) is 1. The molecule has 0 amide bonds. The third kappa shape index (κ3) is 7.60. The second kappa shape index (κ2) is 12.2. The highest BCUT2D eigenvalue weighted by atomic mass is 32.2. The van der Waals surface area contributed by atoms with Gasteiger partial charge in [-0.2, -0.15) is 21.6 Å². The van der Waals surface area contributed by atoms with Crippen LogP contribution in [0.2, 0.25) is 0 Å². The van der Waals surface area contributed by atoms with Gasteiger partial charge in [-0.3, -0.25) is 9.62 Å². The van der Waals surface area contributed by atoms with Crippen LogP contribution in [0, 0.1) is 18.6 Å². The Kier molecular flexibility index (Phi) is 9.45. The molecule has 1 aromatic carbocycles. The molecule has 1 atom stereocenters. The first kappa shape index (κ1) is 30.2. The van der Waals surface area contributed by atoms with Gasteiger partial charge in [0, 0.05) is 49.2 Å². The van der Waals surface area contributed by atoms with E-state index in [2.05, 4.69) is 19.6 Å². The van der Waals surface area contributed by atoms with Crippen LogP contribution in [-0.2, 0) is 21.4 Å². The lowest BCUT2D eigenvalue weighted by atomic mass is 10.1. The molecule has 3 heterocycles. The number of aromatic nitrogens is 2. The van der Waals surface area contributed by atoms with Gasteiger partial charge in [-0.25, -0.2) is 23.5 Å². The number of likely N-dealkylation sites (tertiary alicyclic amines) is 1. The quantitative estimate of drug-likeness (QED) is 0.391. The molecule has 0 spiro atoms. The standard InChI is InChI=1S/C21H23F2N5O2S2.C2HF3O2/c1-14-18(9-24-21(20(14)23)32(29,30)26-19-12-31-13-25-19)27(2)16-7-8-28(11-16)10-15-5-3-4-6-17(15)22;3-2(4,5)1(6)7/h3-6,9,12-13,16,26H,7-8,10-11H2,1-2H3;(H,6,7)/t16-;/m0./s1. The first-order chi connectivity index (χ1) is 18.2. The minimum absolute atomic E-state index is 0.0669. The zero-order valence-electron chi connectivity index (χ0n) is 20.6. The van der Waals surface area contributed by atoms with Crippen molar-refractivity contribution >= 4 is 38.8 Å². The Balaban J connectivity index is 0.000000532. The number of likely N-dealkylation sites (N-methyl/N-ethyl adjacent to an activating group) is 1. The second-order valence-corrected chi connectivity index (χ2v) is 10.9. The van der Waals surface area contributed by atoms with Crippen LogP contribution >= 0.6 is 11.3 Å². The third-order valence-electron chi connectivity index (χ3n) is 5.90. The van der Waals surface area contributed by atoms with Gasteiger partial charge >= 0.3 is 12.1 Å². The lowest BCUT2D eigenvalue weighted by Gasteiger charge is -2.28. The van der Waals surface area contributed by atoms with Crippen LogP contribution in [0.15, 0.2) is 46.4 Å². The average molecular weight is 594 g/mol. The number of sulfonamides is 1. The number of nitrogens with zero attached hydrogens (tertiary/aromatic N) is 4. The van der Waals surface area contributed by atoms with Crippen LogP contribution in [0.3, 0.4) is 0 Å². The Morgan fingerprint density at radius 2 is 1.92 bits per heavy atom. The van der Waals surface area contributed by atoms with Gasteiger partial charge in [0.05, 0.1) is 17.4 Å². The van der Waals surface area contributed by atoms with Gasteiger partial charge in [0.15, 0.2) is 11.6 Å². The molecule has 1 fully saturated rings. The Bertz CT molecular complexity index is 1400. The van der Waals surface area contributed by atoms with E-state index in [0.717, 1.165) is 13.0 Å². The maximum absolute atomic E-state index is 15.1. The molecule has 0 radical (unpaired) electrons. The van der Waals surface area contributed by atoms with E-state index in [1.54, 1.807) is 12.1 Å². The fourth-order valence-electron chi connectivity index (χ4n) is 3.87. The van der Waals surface area contributed by atoms with Crippen LogP contribution in [0.25, 0.3) is 0 Å². The molecule has 0 saturated carbocycles. The Hall–Kier alpha value is -3.37. The van der Waals surface area contributed by atoms with E-state index in [1.165, 1.54) is 41.4 Å². The number of carboxylic acids is 1. The number of carbonyl (C=O) groups is 1. The first-order valence-corrected chi connectivity index (χ1v) is 13.7. The summed E-state index contributed by atoms with van der Waals surface area (Å²) in [7, 11) is -2.36. The number of halogens is 5. The number of rotatable bonds is 7. The first-order valence-electron chi connectivity index (χ1n) is 11.3. The number of pyridine rings is 1. The topological polar surface area (TPSA) is 116 Å². The van der Waals surface area contributed by atoms with Crippen molar-refractivity contribution in [1.82, 2.24) is 14.9 Å². The van der Waals surface area contributed by atoms with E-state index in [4.69, 9.17) is 9.90 Å². The number of thiazole rings is 1. The fourth-order valence-corrected chi connectivity index (χ4v) is 5.50. The van der Waals surface area contributed by atoms with Crippen molar-refractivity contribution in [3.63, 3.8) is 0 Å². The van der Waals surface area contributed by atoms with Gasteiger partial charge in [0.2, 0.25) is 5.03 Å². The lowest BCUT2D eigenvalue weighted by molar-refractivity contribution is -0.192. The monoisotopic (exact) mass is 593 g/mol. The molecule has 0 unspecified atom stereocenters. The molecule has 212 valence electrons. The number of alkyl halides is 3. The minimum Gasteiger partial charge on any atom is -0.475 e. The van der Waals surface area contributed by atoms with Gasteiger partial charge in [-0.15, -0.1) is 11.3 Å². The summed E-state index contributed by atoms with van der Waals surface area (Å²) in [4.78, 5) is 20.7. The van der Waals surface area contributed by atoms with E-state index < -0.39 is 33.0 Å². The largest absolute Gasteiger partial charge is 0.490 e. The van der Waals surface area contributed by atoms with E-state index in [9.17, 15) is 26.0 Å². The van der Waals surface area contributed by atoms with Crippen molar-refractivity contribution in [3.05, 3.63) is 64.1 Å². The molecular formula is C23H24F5N5O4S2. The number of aliphatic carboxylic acids is 1. The molecule has 39 heavy (non-hydrogen) atoms. The van der Waals surface area contributed by atoms with Gasteiger partial charge < -0.3 is 10.0 Å². The molecule has 16 heteroatoms. The van der Waals surface area contributed by atoms with E-state index in [0.29, 0.717) is 24.3 Å². The molecule has 4 rings (SSSR count). The molecule has 0 bridgehead atoms. The summed E-state index contributed by atoms with van der Waals surface area (Å²) in [5, 5.41) is 7.98. The lowest BCUT2D eigenvalue weighted by Crippen LogP contribution is -2.35. The minimum atomic E-state index is -5.08. The summed E-state index contributed by atoms with van der Waals surface area (Å²) >= 11 is 1.22. The van der Waals surface area contributed by atoms with Crippen LogP contribution in [0.4, 0.5) is 33.5 Å². The molecule has 2 aromatic heterocycles. The molecule has 1 aliphatic heterocycles. The summed E-state index contributed by atoms with van der Waals surface area (Å²) in [6.45, 7) is 3.50.